The Bertz CT molecular complexity index is 54.3. The molecule has 1 nitrogen and oxygen atoms in total. The molecule has 0 aromatic heterocycles. The van der Waals surface area contributed by atoms with Gasteiger partial charge in [-0.25, -0.2) is 0 Å². The number of hydrogen-bond donors (Lipinski definition) is 0. The summed E-state index contributed by atoms with van der Waals surface area (Å²) in [6.45, 7) is 10.5. The SMILES string of the molecule is CC(C)COCC(C)C.[CaH2]. The molecule has 0 aromatic carbocycles. The van der Waals surface area contributed by atoms with Crippen LogP contribution in [0, 0.1) is 11.8 Å². The molecule has 0 bridgehead atoms. The molecule has 0 spiro atoms. The molecule has 0 fully saturated rings. The fourth-order valence-electron chi connectivity index (χ4n) is 0.539. The molecule has 0 radical (unpaired) electrons. The molecular weight excluding hydrogens is 152 g/mol. The summed E-state index contributed by atoms with van der Waals surface area (Å²) < 4.78 is 5.36. The van der Waals surface area contributed by atoms with Crippen LogP contribution in [0.5, 0.6) is 0 Å². The summed E-state index contributed by atoms with van der Waals surface area (Å²) in [7, 11) is 0. The van der Waals surface area contributed by atoms with E-state index in [4.69, 9.17) is 4.74 Å². The van der Waals surface area contributed by atoms with E-state index in [0.29, 0.717) is 11.8 Å². The van der Waals surface area contributed by atoms with Crippen molar-refractivity contribution in [3.63, 3.8) is 0 Å². The molecular formula is C8H20CaO. The molecule has 0 unspecified atom stereocenters. The standard InChI is InChI=1S/C8H18O.Ca.2H/c1-7(2)5-9-6-8(3)4;;;/h7-8H,5-6H2,1-4H3;;;. The van der Waals surface area contributed by atoms with Crippen molar-refractivity contribution in [1.82, 2.24) is 0 Å². The summed E-state index contributed by atoms with van der Waals surface area (Å²) in [6.07, 6.45) is 0. The van der Waals surface area contributed by atoms with Crippen molar-refractivity contribution in [3.05, 3.63) is 0 Å². The van der Waals surface area contributed by atoms with Gasteiger partial charge in [0, 0.05) is 13.2 Å². The Balaban J connectivity index is 0. The van der Waals surface area contributed by atoms with Crippen molar-refractivity contribution in [1.29, 1.82) is 0 Å². The van der Waals surface area contributed by atoms with Gasteiger partial charge in [-0.05, 0) is 11.8 Å². The van der Waals surface area contributed by atoms with E-state index in [9.17, 15) is 0 Å². The van der Waals surface area contributed by atoms with Gasteiger partial charge in [-0.1, -0.05) is 27.7 Å². The topological polar surface area (TPSA) is 9.23 Å². The quantitative estimate of drug-likeness (QED) is 0.582. The third-order valence-corrected chi connectivity index (χ3v) is 0.902. The first-order valence-corrected chi connectivity index (χ1v) is 3.70. The Morgan fingerprint density at radius 1 is 0.900 bits per heavy atom. The maximum atomic E-state index is 5.36. The second-order valence-electron chi connectivity index (χ2n) is 3.33. The molecule has 0 aromatic rings. The van der Waals surface area contributed by atoms with Crippen molar-refractivity contribution in [2.75, 3.05) is 13.2 Å². The van der Waals surface area contributed by atoms with Crippen LogP contribution < -0.4 is 0 Å². The Hall–Kier alpha value is 1.22. The van der Waals surface area contributed by atoms with Crippen molar-refractivity contribution < 1.29 is 4.74 Å². The minimum absolute atomic E-state index is 0. The Kier molecular flexibility index (Phi) is 11.5. The van der Waals surface area contributed by atoms with Gasteiger partial charge in [0.25, 0.3) is 0 Å². The zero-order valence-electron chi connectivity index (χ0n) is 6.98. The molecule has 0 amide bonds. The van der Waals surface area contributed by atoms with Gasteiger partial charge < -0.3 is 4.74 Å². The molecule has 10 heavy (non-hydrogen) atoms. The molecule has 0 aliphatic carbocycles. The van der Waals surface area contributed by atoms with Crippen molar-refractivity contribution >= 4 is 37.7 Å². The summed E-state index contributed by atoms with van der Waals surface area (Å²) in [5, 5.41) is 0. The molecule has 0 atom stereocenters. The third-order valence-electron chi connectivity index (χ3n) is 0.902. The molecule has 0 heterocycles. The van der Waals surface area contributed by atoms with Crippen LogP contribution in [0.2, 0.25) is 0 Å². The van der Waals surface area contributed by atoms with E-state index < -0.39 is 0 Å². The molecule has 60 valence electrons. The van der Waals surface area contributed by atoms with E-state index in [-0.39, 0.29) is 37.7 Å². The van der Waals surface area contributed by atoms with Crippen LogP contribution in [0.1, 0.15) is 27.7 Å². The summed E-state index contributed by atoms with van der Waals surface area (Å²) in [5.74, 6) is 1.34. The van der Waals surface area contributed by atoms with Gasteiger partial charge in [0.05, 0.1) is 0 Å². The molecule has 0 rings (SSSR count). The van der Waals surface area contributed by atoms with Gasteiger partial charge in [-0.3, -0.25) is 0 Å². The molecule has 0 aliphatic rings. The fraction of sp³-hybridized carbons (Fsp3) is 1.00. The zero-order valence-corrected chi connectivity index (χ0v) is 6.98. The predicted molar refractivity (Wildman–Crippen MR) is 49.0 cm³/mol. The van der Waals surface area contributed by atoms with Gasteiger partial charge in [0.1, 0.15) is 0 Å². The third kappa shape index (κ3) is 12.0. The van der Waals surface area contributed by atoms with Crippen molar-refractivity contribution in [3.8, 4) is 0 Å². The van der Waals surface area contributed by atoms with Crippen LogP contribution in [-0.2, 0) is 4.74 Å². The first-order valence-electron chi connectivity index (χ1n) is 3.70. The Labute approximate surface area is 94.5 Å². The van der Waals surface area contributed by atoms with Crippen LogP contribution in [-0.4, -0.2) is 51.0 Å². The van der Waals surface area contributed by atoms with Gasteiger partial charge in [0.2, 0.25) is 0 Å². The number of ether oxygens (including phenoxy) is 1. The second-order valence-corrected chi connectivity index (χ2v) is 3.33. The van der Waals surface area contributed by atoms with E-state index in [2.05, 4.69) is 27.7 Å². The van der Waals surface area contributed by atoms with Gasteiger partial charge >= 0.3 is 37.7 Å². The van der Waals surface area contributed by atoms with E-state index in [1.54, 1.807) is 0 Å². The fourth-order valence-corrected chi connectivity index (χ4v) is 0.539. The first-order chi connectivity index (χ1) is 4.13. The van der Waals surface area contributed by atoms with Crippen LogP contribution >= 0.6 is 0 Å². The maximum absolute atomic E-state index is 5.36. The van der Waals surface area contributed by atoms with E-state index in [0.717, 1.165) is 13.2 Å². The molecule has 2 heteroatoms. The van der Waals surface area contributed by atoms with Crippen LogP contribution in [0.4, 0.5) is 0 Å². The van der Waals surface area contributed by atoms with Crippen LogP contribution in [0.25, 0.3) is 0 Å². The van der Waals surface area contributed by atoms with Crippen LogP contribution in [0.15, 0.2) is 0 Å². The summed E-state index contributed by atoms with van der Waals surface area (Å²) >= 11 is 0. The molecule has 0 saturated heterocycles. The van der Waals surface area contributed by atoms with E-state index >= 15 is 0 Å². The minimum atomic E-state index is 0. The van der Waals surface area contributed by atoms with E-state index in [1.165, 1.54) is 0 Å². The first kappa shape index (κ1) is 13.8. The Morgan fingerprint density at radius 2 is 1.20 bits per heavy atom. The monoisotopic (exact) mass is 172 g/mol. The molecule has 0 aliphatic heterocycles. The molecule has 0 N–H and O–H groups in total. The van der Waals surface area contributed by atoms with Gasteiger partial charge in [-0.15, -0.1) is 0 Å². The van der Waals surface area contributed by atoms with E-state index in [1.807, 2.05) is 0 Å². The summed E-state index contributed by atoms with van der Waals surface area (Å²) in [4.78, 5) is 0. The van der Waals surface area contributed by atoms with Gasteiger partial charge in [-0.2, -0.15) is 0 Å². The normalized spacial score (nSPS) is 10.2. The molecule has 0 saturated carbocycles. The average Bonchev–Trinajstić information content (AvgIpc) is 1.63. The summed E-state index contributed by atoms with van der Waals surface area (Å²) in [6, 6.07) is 0. The average molecular weight is 172 g/mol. The summed E-state index contributed by atoms with van der Waals surface area (Å²) in [5.41, 5.74) is 0. The van der Waals surface area contributed by atoms with Crippen molar-refractivity contribution in [2.24, 2.45) is 11.8 Å². The Morgan fingerprint density at radius 3 is 1.40 bits per heavy atom. The predicted octanol–water partition coefficient (Wildman–Crippen LogP) is 1.40. The van der Waals surface area contributed by atoms with Crippen molar-refractivity contribution in [2.45, 2.75) is 27.7 Å². The number of rotatable bonds is 4. The van der Waals surface area contributed by atoms with Gasteiger partial charge in [0.15, 0.2) is 0 Å². The van der Waals surface area contributed by atoms with Crippen LogP contribution in [0.3, 0.4) is 0 Å². The second kappa shape index (κ2) is 8.32. The zero-order chi connectivity index (χ0) is 7.28. The number of hydrogen-bond acceptors (Lipinski definition) is 1.